The van der Waals surface area contributed by atoms with Gasteiger partial charge in [0.05, 0.1) is 0 Å². The maximum Gasteiger partial charge on any atom is 0.200 e. The van der Waals surface area contributed by atoms with Crippen molar-refractivity contribution in [2.75, 3.05) is 6.61 Å². The Kier molecular flexibility index (Phi) is 5.39. The number of ketones is 1. The van der Waals surface area contributed by atoms with Gasteiger partial charge in [0.2, 0.25) is 0 Å². The van der Waals surface area contributed by atoms with Gasteiger partial charge in [0, 0.05) is 12.2 Å². The highest BCUT2D eigenvalue weighted by Gasteiger charge is 2.33. The van der Waals surface area contributed by atoms with Gasteiger partial charge in [-0.05, 0) is 31.9 Å². The van der Waals surface area contributed by atoms with Gasteiger partial charge in [0.1, 0.15) is 5.60 Å². The van der Waals surface area contributed by atoms with Crippen molar-refractivity contribution in [2.45, 2.75) is 45.6 Å². The Morgan fingerprint density at radius 1 is 1.20 bits per heavy atom. The molecule has 0 bridgehead atoms. The Bertz CT molecular complexity index is 460. The zero-order chi connectivity index (χ0) is 15.3. The molecule has 0 radical (unpaired) electrons. The number of ether oxygens (including phenoxy) is 1. The van der Waals surface area contributed by atoms with Gasteiger partial charge in [-0.3, -0.25) is 4.79 Å². The highest BCUT2D eigenvalue weighted by atomic mass is 16.5. The van der Waals surface area contributed by atoms with Crippen molar-refractivity contribution >= 4 is 5.78 Å². The van der Waals surface area contributed by atoms with E-state index < -0.39 is 22.8 Å². The summed E-state index contributed by atoms with van der Waals surface area (Å²) >= 11 is 0. The molecule has 5 nitrogen and oxygen atoms in total. The van der Waals surface area contributed by atoms with Crippen LogP contribution >= 0.6 is 0 Å². The molecule has 0 aromatic heterocycles. The first kappa shape index (κ1) is 16.3. The van der Waals surface area contributed by atoms with Crippen LogP contribution in [0.15, 0.2) is 12.1 Å². The van der Waals surface area contributed by atoms with E-state index in [4.69, 9.17) is 4.74 Å². The molecule has 0 heterocycles. The smallest absolute Gasteiger partial charge is 0.200 e. The van der Waals surface area contributed by atoms with Crippen LogP contribution in [-0.2, 0) is 4.74 Å². The molecule has 0 saturated carbocycles. The lowest BCUT2D eigenvalue weighted by atomic mass is 9.91. The predicted octanol–water partition coefficient (Wildman–Crippen LogP) is 2.97. The first-order valence-corrected chi connectivity index (χ1v) is 6.79. The fourth-order valence-electron chi connectivity index (χ4n) is 1.81. The molecular formula is C15H22O5. The molecule has 5 heteroatoms. The van der Waals surface area contributed by atoms with E-state index in [0.29, 0.717) is 13.0 Å². The van der Waals surface area contributed by atoms with E-state index in [2.05, 4.69) is 0 Å². The summed E-state index contributed by atoms with van der Waals surface area (Å²) in [6, 6.07) is 2.27. The molecule has 0 spiro atoms. The van der Waals surface area contributed by atoms with E-state index in [1.54, 1.807) is 6.92 Å². The van der Waals surface area contributed by atoms with E-state index in [1.807, 2.05) is 13.8 Å². The minimum Gasteiger partial charge on any atom is -0.504 e. The van der Waals surface area contributed by atoms with Crippen LogP contribution in [-0.4, -0.2) is 33.3 Å². The van der Waals surface area contributed by atoms with Gasteiger partial charge in [-0.25, -0.2) is 0 Å². The summed E-state index contributed by atoms with van der Waals surface area (Å²) in [7, 11) is 0. The van der Waals surface area contributed by atoms with E-state index in [0.717, 1.165) is 25.0 Å². The van der Waals surface area contributed by atoms with Gasteiger partial charge in [-0.15, -0.1) is 0 Å². The Balaban J connectivity index is 3.01. The average Bonchev–Trinajstić information content (AvgIpc) is 2.43. The molecule has 0 aliphatic rings. The largest absolute Gasteiger partial charge is 0.504 e. The van der Waals surface area contributed by atoms with Crippen LogP contribution in [0.5, 0.6) is 17.2 Å². The number of Topliss-reactive ketones (excluding diaryl/α,β-unsaturated/α-hetero) is 1. The molecule has 1 unspecified atom stereocenters. The van der Waals surface area contributed by atoms with E-state index in [9.17, 15) is 20.1 Å². The number of carbonyl (C=O) groups is 1. The second-order valence-electron chi connectivity index (χ2n) is 4.98. The van der Waals surface area contributed by atoms with Gasteiger partial charge in [-0.2, -0.15) is 0 Å². The van der Waals surface area contributed by atoms with Crippen molar-refractivity contribution in [3.8, 4) is 17.2 Å². The Hall–Kier alpha value is -1.75. The molecule has 1 aromatic carbocycles. The molecule has 0 saturated heterocycles. The van der Waals surface area contributed by atoms with Gasteiger partial charge in [0.25, 0.3) is 0 Å². The van der Waals surface area contributed by atoms with Crippen LogP contribution in [0.1, 0.15) is 50.4 Å². The summed E-state index contributed by atoms with van der Waals surface area (Å²) in [5, 5.41) is 28.3. The van der Waals surface area contributed by atoms with Crippen molar-refractivity contribution < 1.29 is 24.9 Å². The lowest BCUT2D eigenvalue weighted by Crippen LogP contribution is -2.38. The van der Waals surface area contributed by atoms with E-state index in [1.165, 1.54) is 0 Å². The summed E-state index contributed by atoms with van der Waals surface area (Å²) in [4.78, 5) is 12.5. The lowest BCUT2D eigenvalue weighted by Gasteiger charge is -2.27. The minimum absolute atomic E-state index is 0.110. The first-order valence-electron chi connectivity index (χ1n) is 6.79. The van der Waals surface area contributed by atoms with Crippen LogP contribution in [0.4, 0.5) is 0 Å². The SMILES string of the molecule is CCCCOC(C)(CC)C(=O)c1cc(O)c(O)c(O)c1. The minimum atomic E-state index is -1.01. The molecule has 1 rings (SSSR count). The molecule has 0 aliphatic heterocycles. The number of phenolic OH excluding ortho intramolecular Hbond substituents is 3. The predicted molar refractivity (Wildman–Crippen MR) is 75.3 cm³/mol. The highest BCUT2D eigenvalue weighted by Crippen LogP contribution is 2.37. The molecule has 112 valence electrons. The molecule has 20 heavy (non-hydrogen) atoms. The van der Waals surface area contributed by atoms with Crippen molar-refractivity contribution in [2.24, 2.45) is 0 Å². The third kappa shape index (κ3) is 3.42. The van der Waals surface area contributed by atoms with Gasteiger partial charge in [0.15, 0.2) is 23.0 Å². The van der Waals surface area contributed by atoms with Crippen LogP contribution in [0.2, 0.25) is 0 Å². The van der Waals surface area contributed by atoms with Crippen LogP contribution in [0.25, 0.3) is 0 Å². The Labute approximate surface area is 118 Å². The number of aromatic hydroxyl groups is 3. The first-order chi connectivity index (χ1) is 9.35. The zero-order valence-corrected chi connectivity index (χ0v) is 12.1. The van der Waals surface area contributed by atoms with Crippen molar-refractivity contribution in [1.82, 2.24) is 0 Å². The average molecular weight is 282 g/mol. The maximum absolute atomic E-state index is 12.5. The van der Waals surface area contributed by atoms with Gasteiger partial charge >= 0.3 is 0 Å². The van der Waals surface area contributed by atoms with E-state index in [-0.39, 0.29) is 11.3 Å². The van der Waals surface area contributed by atoms with Crippen molar-refractivity contribution in [3.63, 3.8) is 0 Å². The molecule has 3 N–H and O–H groups in total. The molecular weight excluding hydrogens is 260 g/mol. The Morgan fingerprint density at radius 2 is 1.75 bits per heavy atom. The van der Waals surface area contributed by atoms with Crippen LogP contribution < -0.4 is 0 Å². The van der Waals surface area contributed by atoms with E-state index >= 15 is 0 Å². The standard InChI is InChI=1S/C15H22O5/c1-4-6-7-20-15(3,5-2)14(19)10-8-11(16)13(18)12(17)9-10/h8-9,16-18H,4-7H2,1-3H3. The van der Waals surface area contributed by atoms with Crippen LogP contribution in [0, 0.1) is 0 Å². The number of phenols is 3. The molecule has 0 fully saturated rings. The van der Waals surface area contributed by atoms with Gasteiger partial charge in [-0.1, -0.05) is 20.3 Å². The number of hydrogen-bond acceptors (Lipinski definition) is 5. The molecule has 1 aromatic rings. The summed E-state index contributed by atoms with van der Waals surface area (Å²) in [6.45, 7) is 6.03. The third-order valence-electron chi connectivity index (χ3n) is 3.41. The summed E-state index contributed by atoms with van der Waals surface area (Å²) < 4.78 is 5.67. The quantitative estimate of drug-likeness (QED) is 0.406. The second-order valence-corrected chi connectivity index (χ2v) is 4.98. The number of carbonyl (C=O) groups excluding carboxylic acids is 1. The highest BCUT2D eigenvalue weighted by molar-refractivity contribution is 6.03. The number of rotatable bonds is 7. The number of hydrogen-bond donors (Lipinski definition) is 3. The summed E-state index contributed by atoms with van der Waals surface area (Å²) in [5.74, 6) is -2.02. The molecule has 1 atom stereocenters. The third-order valence-corrected chi connectivity index (χ3v) is 3.41. The zero-order valence-electron chi connectivity index (χ0n) is 12.1. The fourth-order valence-corrected chi connectivity index (χ4v) is 1.81. The summed E-state index contributed by atoms with van der Waals surface area (Å²) in [6.07, 6.45) is 2.29. The number of unbranched alkanes of at least 4 members (excludes halogenated alkanes) is 1. The second kappa shape index (κ2) is 6.61. The number of benzene rings is 1. The fraction of sp³-hybridized carbons (Fsp3) is 0.533. The lowest BCUT2D eigenvalue weighted by molar-refractivity contribution is -0.0182. The molecule has 0 aliphatic carbocycles. The molecule has 0 amide bonds. The van der Waals surface area contributed by atoms with Gasteiger partial charge < -0.3 is 20.1 Å². The topological polar surface area (TPSA) is 87.0 Å². The van der Waals surface area contributed by atoms with Crippen molar-refractivity contribution in [3.05, 3.63) is 17.7 Å². The monoisotopic (exact) mass is 282 g/mol. The summed E-state index contributed by atoms with van der Waals surface area (Å²) in [5.41, 5.74) is -0.899. The van der Waals surface area contributed by atoms with Crippen molar-refractivity contribution in [1.29, 1.82) is 0 Å². The van der Waals surface area contributed by atoms with Crippen LogP contribution in [0.3, 0.4) is 0 Å². The maximum atomic E-state index is 12.5. The normalized spacial score (nSPS) is 13.9. The Morgan fingerprint density at radius 3 is 2.20 bits per heavy atom.